The zero-order chi connectivity index (χ0) is 19.5. The average molecular weight is 410 g/mol. The second kappa shape index (κ2) is 8.12. The number of hydrogen-bond acceptors (Lipinski definition) is 8. The molecule has 0 amide bonds. The number of aromatic nitrogens is 4. The molecular formula is C20H19N5OS2. The van der Waals surface area contributed by atoms with Gasteiger partial charge in [0.25, 0.3) is 0 Å². The minimum atomic E-state index is -0.0218. The summed E-state index contributed by atoms with van der Waals surface area (Å²) in [6.07, 6.45) is 0. The minimum Gasteiger partial charge on any atom is -0.419 e. The summed E-state index contributed by atoms with van der Waals surface area (Å²) in [6, 6.07) is 15.9. The lowest BCUT2D eigenvalue weighted by Gasteiger charge is -2.08. The molecule has 6 nitrogen and oxygen atoms in total. The zero-order valence-corrected chi connectivity index (χ0v) is 17.3. The Morgan fingerprint density at radius 2 is 1.79 bits per heavy atom. The van der Waals surface area contributed by atoms with E-state index in [0.29, 0.717) is 11.8 Å². The molecule has 0 aliphatic heterocycles. The summed E-state index contributed by atoms with van der Waals surface area (Å²) in [4.78, 5) is 0. The molecule has 4 aromatic rings. The molecule has 28 heavy (non-hydrogen) atoms. The van der Waals surface area contributed by atoms with Crippen molar-refractivity contribution < 1.29 is 4.42 Å². The number of anilines is 2. The lowest BCUT2D eigenvalue weighted by atomic mass is 10.1. The van der Waals surface area contributed by atoms with Crippen molar-refractivity contribution >= 4 is 33.9 Å². The Bertz CT molecular complexity index is 1080. The van der Waals surface area contributed by atoms with Crippen LogP contribution in [-0.2, 0) is 0 Å². The van der Waals surface area contributed by atoms with E-state index in [0.717, 1.165) is 20.7 Å². The highest BCUT2D eigenvalue weighted by Crippen LogP contribution is 2.38. The van der Waals surface area contributed by atoms with Gasteiger partial charge in [-0.2, -0.15) is 0 Å². The second-order valence-corrected chi connectivity index (χ2v) is 8.88. The van der Waals surface area contributed by atoms with Crippen molar-refractivity contribution in [2.24, 2.45) is 0 Å². The SMILES string of the molecule is Cc1cccc(Nc2nnc(S[C@@H](C)c3nnc(-c4ccccc4)o3)s2)c1C. The van der Waals surface area contributed by atoms with Crippen LogP contribution in [0.25, 0.3) is 11.5 Å². The van der Waals surface area contributed by atoms with E-state index < -0.39 is 0 Å². The molecular weight excluding hydrogens is 390 g/mol. The van der Waals surface area contributed by atoms with Crippen molar-refractivity contribution in [2.45, 2.75) is 30.4 Å². The molecule has 0 spiro atoms. The summed E-state index contributed by atoms with van der Waals surface area (Å²) >= 11 is 3.06. The molecule has 0 radical (unpaired) electrons. The van der Waals surface area contributed by atoms with Crippen LogP contribution >= 0.6 is 23.1 Å². The van der Waals surface area contributed by atoms with Gasteiger partial charge in [-0.25, -0.2) is 0 Å². The van der Waals surface area contributed by atoms with E-state index in [1.54, 1.807) is 11.8 Å². The number of nitrogens with zero attached hydrogens (tertiary/aromatic N) is 4. The lowest BCUT2D eigenvalue weighted by molar-refractivity contribution is 0.509. The first-order valence-electron chi connectivity index (χ1n) is 8.82. The van der Waals surface area contributed by atoms with Crippen LogP contribution in [0.2, 0.25) is 0 Å². The summed E-state index contributed by atoms with van der Waals surface area (Å²) < 4.78 is 6.68. The maximum absolute atomic E-state index is 5.83. The Morgan fingerprint density at radius 1 is 0.964 bits per heavy atom. The number of benzene rings is 2. The third kappa shape index (κ3) is 4.07. The number of thioether (sulfide) groups is 1. The maximum Gasteiger partial charge on any atom is 0.247 e. The van der Waals surface area contributed by atoms with Gasteiger partial charge in [0.05, 0.1) is 5.25 Å². The van der Waals surface area contributed by atoms with Crippen LogP contribution in [0.15, 0.2) is 57.3 Å². The van der Waals surface area contributed by atoms with Crippen LogP contribution in [-0.4, -0.2) is 20.4 Å². The molecule has 2 aromatic heterocycles. The van der Waals surface area contributed by atoms with E-state index in [1.807, 2.05) is 49.4 Å². The van der Waals surface area contributed by atoms with Gasteiger partial charge in [0.1, 0.15) is 0 Å². The topological polar surface area (TPSA) is 76.7 Å². The van der Waals surface area contributed by atoms with E-state index in [9.17, 15) is 0 Å². The van der Waals surface area contributed by atoms with Crippen LogP contribution in [0.5, 0.6) is 0 Å². The lowest BCUT2D eigenvalue weighted by Crippen LogP contribution is -1.94. The summed E-state index contributed by atoms with van der Waals surface area (Å²) in [5.41, 5.74) is 4.41. The Morgan fingerprint density at radius 3 is 2.61 bits per heavy atom. The normalized spacial score (nSPS) is 12.1. The van der Waals surface area contributed by atoms with E-state index in [-0.39, 0.29) is 5.25 Å². The van der Waals surface area contributed by atoms with Crippen molar-refractivity contribution in [3.63, 3.8) is 0 Å². The quantitative estimate of drug-likeness (QED) is 0.403. The van der Waals surface area contributed by atoms with Gasteiger partial charge in [-0.1, -0.05) is 53.4 Å². The standard InChI is InChI=1S/C20H19N5OS2/c1-12-8-7-11-16(13(12)2)21-19-24-25-20(28-19)27-14(3)17-22-23-18(26-17)15-9-5-4-6-10-15/h4-11,14H,1-3H3,(H,21,24)/t14-/m0/s1. The molecule has 0 fully saturated rings. The predicted octanol–water partition coefficient (Wildman–Crippen LogP) is 5.80. The summed E-state index contributed by atoms with van der Waals surface area (Å²) in [7, 11) is 0. The number of rotatable bonds is 6. The third-order valence-corrected chi connectivity index (χ3v) is 6.35. The average Bonchev–Trinajstić information content (AvgIpc) is 3.36. The summed E-state index contributed by atoms with van der Waals surface area (Å²) in [5.74, 6) is 1.10. The Balaban J connectivity index is 1.44. The molecule has 0 saturated heterocycles. The molecule has 4 rings (SSSR count). The molecule has 0 bridgehead atoms. The van der Waals surface area contributed by atoms with Crippen LogP contribution in [0, 0.1) is 13.8 Å². The van der Waals surface area contributed by atoms with E-state index in [4.69, 9.17) is 4.42 Å². The van der Waals surface area contributed by atoms with Crippen molar-refractivity contribution in [3.8, 4) is 11.5 Å². The van der Waals surface area contributed by atoms with Crippen LogP contribution in [0.3, 0.4) is 0 Å². The van der Waals surface area contributed by atoms with Gasteiger partial charge in [-0.3, -0.25) is 0 Å². The number of nitrogens with one attached hydrogen (secondary N) is 1. The van der Waals surface area contributed by atoms with Gasteiger partial charge < -0.3 is 9.73 Å². The fraction of sp³-hybridized carbons (Fsp3) is 0.200. The number of aryl methyl sites for hydroxylation is 1. The van der Waals surface area contributed by atoms with Crippen LogP contribution in [0.1, 0.15) is 29.2 Å². The smallest absolute Gasteiger partial charge is 0.247 e. The molecule has 142 valence electrons. The highest BCUT2D eigenvalue weighted by atomic mass is 32.2. The van der Waals surface area contributed by atoms with Crippen LogP contribution in [0.4, 0.5) is 10.8 Å². The first-order chi connectivity index (χ1) is 13.6. The Labute approximate surface area is 171 Å². The third-order valence-electron chi connectivity index (χ3n) is 4.34. The fourth-order valence-corrected chi connectivity index (χ4v) is 4.55. The van der Waals surface area contributed by atoms with Gasteiger partial charge in [0.15, 0.2) is 4.34 Å². The molecule has 2 heterocycles. The molecule has 1 N–H and O–H groups in total. The molecule has 8 heteroatoms. The number of hydrogen-bond donors (Lipinski definition) is 1. The van der Waals surface area contributed by atoms with E-state index in [1.165, 1.54) is 22.5 Å². The first-order valence-corrected chi connectivity index (χ1v) is 10.5. The summed E-state index contributed by atoms with van der Waals surface area (Å²) in [5, 5.41) is 21.0. The van der Waals surface area contributed by atoms with E-state index >= 15 is 0 Å². The highest BCUT2D eigenvalue weighted by molar-refractivity contribution is 8.01. The monoisotopic (exact) mass is 409 g/mol. The second-order valence-electron chi connectivity index (χ2n) is 6.32. The zero-order valence-electron chi connectivity index (χ0n) is 15.7. The fourth-order valence-electron chi connectivity index (χ4n) is 2.61. The van der Waals surface area contributed by atoms with Crippen molar-refractivity contribution in [1.29, 1.82) is 0 Å². The Hall–Kier alpha value is -2.71. The van der Waals surface area contributed by atoms with Gasteiger partial charge in [0, 0.05) is 11.3 Å². The van der Waals surface area contributed by atoms with Gasteiger partial charge in [0.2, 0.25) is 16.9 Å². The Kier molecular flexibility index (Phi) is 5.40. The van der Waals surface area contributed by atoms with Gasteiger partial charge in [-0.15, -0.1) is 20.4 Å². The molecule has 1 atom stereocenters. The molecule has 0 aliphatic carbocycles. The molecule has 2 aromatic carbocycles. The predicted molar refractivity (Wildman–Crippen MR) is 113 cm³/mol. The summed E-state index contributed by atoms with van der Waals surface area (Å²) in [6.45, 7) is 6.21. The van der Waals surface area contributed by atoms with Gasteiger partial charge in [-0.05, 0) is 50.1 Å². The molecule has 0 unspecified atom stereocenters. The van der Waals surface area contributed by atoms with Crippen molar-refractivity contribution in [2.75, 3.05) is 5.32 Å². The van der Waals surface area contributed by atoms with Crippen LogP contribution < -0.4 is 5.32 Å². The van der Waals surface area contributed by atoms with E-state index in [2.05, 4.69) is 45.6 Å². The first kappa shape index (κ1) is 18.6. The van der Waals surface area contributed by atoms with Gasteiger partial charge >= 0.3 is 0 Å². The molecule has 0 aliphatic rings. The molecule has 0 saturated carbocycles. The minimum absolute atomic E-state index is 0.0218. The largest absolute Gasteiger partial charge is 0.419 e. The highest BCUT2D eigenvalue weighted by Gasteiger charge is 2.18. The van der Waals surface area contributed by atoms with Crippen molar-refractivity contribution in [3.05, 3.63) is 65.5 Å². The maximum atomic E-state index is 5.83. The van der Waals surface area contributed by atoms with Crippen molar-refractivity contribution in [1.82, 2.24) is 20.4 Å².